The monoisotopic (exact) mass is 371 g/mol. The summed E-state index contributed by atoms with van der Waals surface area (Å²) in [4.78, 5) is 16.7. The maximum absolute atomic E-state index is 12.5. The first-order chi connectivity index (χ1) is 12.3. The lowest BCUT2D eigenvalue weighted by Crippen LogP contribution is -2.16. The Balaban J connectivity index is 1.89. The molecule has 0 unspecified atom stereocenters. The number of nitrogens with zero attached hydrogens (tertiary/aromatic N) is 1. The van der Waals surface area contributed by atoms with E-state index in [0.29, 0.717) is 22.9 Å². The van der Waals surface area contributed by atoms with Crippen LogP contribution >= 0.6 is 0 Å². The van der Waals surface area contributed by atoms with Gasteiger partial charge in [-0.05, 0) is 43.7 Å². The van der Waals surface area contributed by atoms with Crippen LogP contribution in [0.2, 0.25) is 0 Å². The van der Waals surface area contributed by atoms with E-state index in [2.05, 4.69) is 10.3 Å². The molecule has 7 nitrogen and oxygen atoms in total. The van der Waals surface area contributed by atoms with Crippen molar-refractivity contribution in [3.63, 3.8) is 0 Å². The number of nitrogens with one attached hydrogen (secondary N) is 1. The molecule has 134 valence electrons. The van der Waals surface area contributed by atoms with Crippen molar-refractivity contribution in [3.05, 3.63) is 65.5 Å². The number of anilines is 1. The van der Waals surface area contributed by atoms with Crippen LogP contribution in [0, 0.1) is 13.8 Å². The Labute approximate surface area is 150 Å². The lowest BCUT2D eigenvalue weighted by molar-refractivity contribution is 0.102. The van der Waals surface area contributed by atoms with E-state index in [1.165, 1.54) is 6.07 Å². The lowest BCUT2D eigenvalue weighted by atomic mass is 10.2. The summed E-state index contributed by atoms with van der Waals surface area (Å²) in [7, 11) is -3.88. The van der Waals surface area contributed by atoms with Gasteiger partial charge in [-0.3, -0.25) is 4.79 Å². The Bertz CT molecular complexity index is 1070. The molecule has 0 bridgehead atoms. The van der Waals surface area contributed by atoms with Gasteiger partial charge in [0.2, 0.25) is 15.9 Å². The van der Waals surface area contributed by atoms with Crippen LogP contribution in [-0.4, -0.2) is 19.3 Å². The van der Waals surface area contributed by atoms with Crippen LogP contribution in [0.15, 0.2) is 57.8 Å². The van der Waals surface area contributed by atoms with Gasteiger partial charge in [0.25, 0.3) is 5.91 Å². The van der Waals surface area contributed by atoms with E-state index in [0.717, 1.165) is 5.56 Å². The Morgan fingerprint density at radius 3 is 2.46 bits per heavy atom. The molecule has 0 spiro atoms. The molecule has 26 heavy (non-hydrogen) atoms. The minimum Gasteiger partial charge on any atom is -0.441 e. The Hall–Kier alpha value is -2.97. The summed E-state index contributed by atoms with van der Waals surface area (Å²) in [5.41, 5.74) is 1.67. The quantitative estimate of drug-likeness (QED) is 0.732. The van der Waals surface area contributed by atoms with Crippen molar-refractivity contribution in [2.24, 2.45) is 5.14 Å². The third kappa shape index (κ3) is 3.66. The highest BCUT2D eigenvalue weighted by atomic mass is 32.2. The Morgan fingerprint density at radius 2 is 1.81 bits per heavy atom. The largest absolute Gasteiger partial charge is 0.441 e. The number of sulfonamides is 1. The van der Waals surface area contributed by atoms with E-state index in [1.807, 2.05) is 30.3 Å². The topological polar surface area (TPSA) is 115 Å². The van der Waals surface area contributed by atoms with Gasteiger partial charge in [-0.2, -0.15) is 0 Å². The summed E-state index contributed by atoms with van der Waals surface area (Å²) in [5.74, 6) is 0.195. The van der Waals surface area contributed by atoms with Gasteiger partial charge in [-0.25, -0.2) is 18.5 Å². The summed E-state index contributed by atoms with van der Waals surface area (Å²) < 4.78 is 28.8. The fourth-order valence-corrected chi connectivity index (χ4v) is 3.29. The van der Waals surface area contributed by atoms with Crippen molar-refractivity contribution in [3.8, 4) is 11.5 Å². The number of primary sulfonamides is 1. The molecule has 0 radical (unpaired) electrons. The molecule has 0 aliphatic rings. The fraction of sp³-hybridized carbons (Fsp3) is 0.111. The summed E-state index contributed by atoms with van der Waals surface area (Å²) in [5, 5.41) is 7.81. The van der Waals surface area contributed by atoms with E-state index in [1.54, 1.807) is 26.0 Å². The number of hydrogen-bond acceptors (Lipinski definition) is 5. The number of aryl methyl sites for hydroxylation is 2. The number of carbonyl (C=O) groups is 1. The third-order valence-corrected chi connectivity index (χ3v) is 4.84. The Morgan fingerprint density at radius 1 is 1.12 bits per heavy atom. The molecule has 2 aromatic carbocycles. The number of carbonyl (C=O) groups excluding carboxylic acids is 1. The number of nitrogens with two attached hydrogens (primary N) is 1. The molecule has 3 N–H and O–H groups in total. The van der Waals surface area contributed by atoms with Gasteiger partial charge in [0.05, 0.1) is 4.90 Å². The Kier molecular flexibility index (Phi) is 4.62. The molecule has 0 fully saturated rings. The molecular weight excluding hydrogens is 354 g/mol. The van der Waals surface area contributed by atoms with Gasteiger partial charge in [-0.15, -0.1) is 0 Å². The molecule has 0 saturated carbocycles. The molecular formula is C18H17N3O4S. The number of benzene rings is 2. The average Bonchev–Trinajstić information content (AvgIpc) is 2.98. The first-order valence-electron chi connectivity index (χ1n) is 7.73. The lowest BCUT2D eigenvalue weighted by Gasteiger charge is -2.08. The molecule has 0 atom stereocenters. The summed E-state index contributed by atoms with van der Waals surface area (Å²) in [6.07, 6.45) is 0. The van der Waals surface area contributed by atoms with Crippen LogP contribution < -0.4 is 10.5 Å². The smallest absolute Gasteiger partial charge is 0.277 e. The first kappa shape index (κ1) is 17.8. The van der Waals surface area contributed by atoms with Crippen LogP contribution in [0.5, 0.6) is 0 Å². The SMILES string of the molecule is Cc1ccc(NC(=O)c2nc(-c3ccccc3)oc2C)cc1S(N)(=O)=O. The molecule has 8 heteroatoms. The minimum atomic E-state index is -3.88. The second-order valence-corrected chi connectivity index (χ2v) is 7.30. The molecule has 0 saturated heterocycles. The molecule has 0 aliphatic carbocycles. The highest BCUT2D eigenvalue weighted by Crippen LogP contribution is 2.23. The van der Waals surface area contributed by atoms with Crippen molar-refractivity contribution >= 4 is 21.6 Å². The first-order valence-corrected chi connectivity index (χ1v) is 9.28. The van der Waals surface area contributed by atoms with Crippen LogP contribution in [0.3, 0.4) is 0 Å². The molecule has 3 rings (SSSR count). The van der Waals surface area contributed by atoms with E-state index >= 15 is 0 Å². The van der Waals surface area contributed by atoms with Crippen LogP contribution in [0.25, 0.3) is 11.5 Å². The standard InChI is InChI=1S/C18H17N3O4S/c1-11-8-9-14(10-15(11)26(19,23)24)20-17(22)16-12(2)25-18(21-16)13-6-4-3-5-7-13/h3-10H,1-2H3,(H,20,22)(H2,19,23,24). The zero-order valence-electron chi connectivity index (χ0n) is 14.2. The van der Waals surface area contributed by atoms with Crippen LogP contribution in [-0.2, 0) is 10.0 Å². The number of amides is 1. The number of rotatable bonds is 4. The third-order valence-electron chi connectivity index (χ3n) is 3.78. The number of aromatic nitrogens is 1. The maximum atomic E-state index is 12.5. The second-order valence-electron chi connectivity index (χ2n) is 5.77. The summed E-state index contributed by atoms with van der Waals surface area (Å²) in [6.45, 7) is 3.26. The predicted molar refractivity (Wildman–Crippen MR) is 97.2 cm³/mol. The van der Waals surface area contributed by atoms with Gasteiger partial charge >= 0.3 is 0 Å². The average molecular weight is 371 g/mol. The molecule has 3 aromatic rings. The van der Waals surface area contributed by atoms with Gasteiger partial charge in [-0.1, -0.05) is 24.3 Å². The normalized spacial score (nSPS) is 11.3. The van der Waals surface area contributed by atoms with Crippen molar-refractivity contribution in [2.75, 3.05) is 5.32 Å². The second kappa shape index (κ2) is 6.74. The van der Waals surface area contributed by atoms with E-state index in [-0.39, 0.29) is 10.6 Å². The summed E-state index contributed by atoms with van der Waals surface area (Å²) in [6, 6.07) is 13.7. The predicted octanol–water partition coefficient (Wildman–Crippen LogP) is 2.86. The van der Waals surface area contributed by atoms with E-state index in [9.17, 15) is 13.2 Å². The van der Waals surface area contributed by atoms with Gasteiger partial charge in [0, 0.05) is 11.3 Å². The maximum Gasteiger partial charge on any atom is 0.277 e. The molecule has 1 aromatic heterocycles. The fourth-order valence-electron chi connectivity index (χ4n) is 2.49. The number of oxazole rings is 1. The van der Waals surface area contributed by atoms with Crippen molar-refractivity contribution < 1.29 is 17.6 Å². The molecule has 1 heterocycles. The summed E-state index contributed by atoms with van der Waals surface area (Å²) >= 11 is 0. The van der Waals surface area contributed by atoms with Crippen LogP contribution in [0.1, 0.15) is 21.8 Å². The van der Waals surface area contributed by atoms with Crippen molar-refractivity contribution in [2.45, 2.75) is 18.7 Å². The van der Waals surface area contributed by atoms with Crippen molar-refractivity contribution in [1.29, 1.82) is 0 Å². The van der Waals surface area contributed by atoms with Gasteiger partial charge in [0.1, 0.15) is 5.76 Å². The van der Waals surface area contributed by atoms with E-state index in [4.69, 9.17) is 9.56 Å². The molecule has 1 amide bonds. The highest BCUT2D eigenvalue weighted by molar-refractivity contribution is 7.89. The van der Waals surface area contributed by atoms with Crippen LogP contribution in [0.4, 0.5) is 5.69 Å². The zero-order valence-corrected chi connectivity index (χ0v) is 15.0. The van der Waals surface area contributed by atoms with E-state index < -0.39 is 15.9 Å². The highest BCUT2D eigenvalue weighted by Gasteiger charge is 2.19. The number of hydrogen-bond donors (Lipinski definition) is 2. The minimum absolute atomic E-state index is 0.0443. The van der Waals surface area contributed by atoms with Gasteiger partial charge in [0.15, 0.2) is 5.69 Å². The van der Waals surface area contributed by atoms with Crippen molar-refractivity contribution in [1.82, 2.24) is 4.98 Å². The zero-order chi connectivity index (χ0) is 18.9. The molecule has 0 aliphatic heterocycles. The van der Waals surface area contributed by atoms with Gasteiger partial charge < -0.3 is 9.73 Å².